The molecule has 3 aromatic carbocycles. The van der Waals surface area contributed by atoms with E-state index in [1.807, 2.05) is 0 Å². The highest BCUT2D eigenvalue weighted by molar-refractivity contribution is 7.94. The monoisotopic (exact) mass is 717 g/mol. The molecule has 256 valence electrons. The van der Waals surface area contributed by atoms with Crippen LogP contribution in [0.1, 0.15) is 15.9 Å². The maximum atomic E-state index is 14.4. The number of aromatic hydroxyl groups is 1. The first-order chi connectivity index (χ1) is 23.5. The molecule has 5 rings (SSSR count). The van der Waals surface area contributed by atoms with Crippen molar-refractivity contribution in [3.8, 4) is 5.75 Å². The van der Waals surface area contributed by atoms with E-state index in [9.17, 15) is 32.4 Å². The third kappa shape index (κ3) is 9.17. The van der Waals surface area contributed by atoms with Crippen LogP contribution in [0.3, 0.4) is 0 Å². The van der Waals surface area contributed by atoms with Crippen molar-refractivity contribution in [1.29, 1.82) is 0 Å². The number of aromatic carboxylic acids is 1. The summed E-state index contributed by atoms with van der Waals surface area (Å²) >= 11 is 0.543. The van der Waals surface area contributed by atoms with Crippen molar-refractivity contribution in [2.45, 2.75) is 9.79 Å². The van der Waals surface area contributed by atoms with Gasteiger partial charge in [-0.1, -0.05) is 35.4 Å². The number of aromatic nitrogens is 3. The molecule has 0 unspecified atom stereocenters. The summed E-state index contributed by atoms with van der Waals surface area (Å²) < 4.78 is 58.1. The van der Waals surface area contributed by atoms with E-state index in [4.69, 9.17) is 9.99 Å². The van der Waals surface area contributed by atoms with Crippen LogP contribution in [0.15, 0.2) is 85.8 Å². The minimum atomic E-state index is -4.88. The number of rotatable bonds is 12. The van der Waals surface area contributed by atoms with Crippen LogP contribution >= 0.6 is 12.0 Å². The molecule has 2 heterocycles. The van der Waals surface area contributed by atoms with E-state index in [1.165, 1.54) is 18.2 Å². The van der Waals surface area contributed by atoms with Crippen LogP contribution in [0.2, 0.25) is 0 Å². The SMILES string of the molecule is O=C(O)c1cc(SOOO)ccc1NN=C(N=Nc1cc(S(=O)(=O)O)cc(Nc2nc(F)nc(N3CCOCC3)n2)c1O)c1ccccc1. The number of azo groups is 1. The third-order valence-corrected chi connectivity index (χ3v) is 7.85. The van der Waals surface area contributed by atoms with E-state index in [-0.39, 0.29) is 27.9 Å². The molecule has 0 bridgehead atoms. The molecule has 19 nitrogen and oxygen atoms in total. The number of hydrogen-bond acceptors (Lipinski definition) is 17. The summed E-state index contributed by atoms with van der Waals surface area (Å²) in [7, 11) is -4.88. The van der Waals surface area contributed by atoms with E-state index >= 15 is 0 Å². The molecular formula is C27H24FN9O10S2. The molecule has 0 atom stereocenters. The predicted molar refractivity (Wildman–Crippen MR) is 169 cm³/mol. The van der Waals surface area contributed by atoms with E-state index < -0.39 is 50.1 Å². The number of hydrogen-bond donors (Lipinski definition) is 6. The molecule has 1 saturated heterocycles. The molecule has 1 fully saturated rings. The van der Waals surface area contributed by atoms with Crippen LogP contribution in [0, 0.1) is 6.08 Å². The minimum Gasteiger partial charge on any atom is -0.504 e. The summed E-state index contributed by atoms with van der Waals surface area (Å²) in [4.78, 5) is 24.5. The Balaban J connectivity index is 1.51. The third-order valence-electron chi connectivity index (χ3n) is 6.45. The minimum absolute atomic E-state index is 0.00846. The van der Waals surface area contributed by atoms with Crippen LogP contribution in [0.4, 0.5) is 33.3 Å². The fourth-order valence-electron chi connectivity index (χ4n) is 4.18. The molecule has 4 aromatic rings. The second kappa shape index (κ2) is 15.7. The summed E-state index contributed by atoms with van der Waals surface area (Å²) in [5, 5.41) is 47.3. The number of phenols is 1. The molecular weight excluding hydrogens is 693 g/mol. The van der Waals surface area contributed by atoms with Crippen LogP contribution in [0.5, 0.6) is 5.75 Å². The number of ether oxygens (including phenoxy) is 1. The molecule has 0 amide bonds. The predicted octanol–water partition coefficient (Wildman–Crippen LogP) is 4.23. The van der Waals surface area contributed by atoms with Gasteiger partial charge in [0.05, 0.1) is 47.1 Å². The van der Waals surface area contributed by atoms with Crippen molar-refractivity contribution in [1.82, 2.24) is 15.0 Å². The summed E-state index contributed by atoms with van der Waals surface area (Å²) in [6.07, 6.45) is -1.16. The number of carboxylic acid groups (broad SMARTS) is 1. The van der Waals surface area contributed by atoms with E-state index in [2.05, 4.69) is 50.4 Å². The Morgan fingerprint density at radius 3 is 2.49 bits per heavy atom. The Bertz CT molecular complexity index is 2000. The lowest BCUT2D eigenvalue weighted by molar-refractivity contribution is -0.432. The second-order valence-corrected chi connectivity index (χ2v) is 11.8. The van der Waals surface area contributed by atoms with Crippen LogP contribution in [0.25, 0.3) is 0 Å². The topological polar surface area (TPSA) is 263 Å². The molecule has 22 heteroatoms. The Morgan fingerprint density at radius 1 is 1.04 bits per heavy atom. The fourth-order valence-corrected chi connectivity index (χ4v) is 5.11. The van der Waals surface area contributed by atoms with Crippen LogP contribution < -0.4 is 15.6 Å². The molecule has 0 aliphatic carbocycles. The molecule has 1 aromatic heterocycles. The summed E-state index contributed by atoms with van der Waals surface area (Å²) in [6.45, 7) is 1.45. The number of carbonyl (C=O) groups is 1. The summed E-state index contributed by atoms with van der Waals surface area (Å²) in [5.41, 5.74) is 1.83. The molecule has 49 heavy (non-hydrogen) atoms. The highest BCUT2D eigenvalue weighted by Crippen LogP contribution is 2.39. The van der Waals surface area contributed by atoms with Gasteiger partial charge in [0.25, 0.3) is 10.1 Å². The highest BCUT2D eigenvalue weighted by atomic mass is 32.2. The maximum Gasteiger partial charge on any atom is 0.337 e. The Hall–Kier alpha value is -5.36. The zero-order valence-corrected chi connectivity index (χ0v) is 26.3. The van der Waals surface area contributed by atoms with Crippen molar-refractivity contribution in [3.63, 3.8) is 0 Å². The van der Waals surface area contributed by atoms with E-state index in [0.29, 0.717) is 43.9 Å². The van der Waals surface area contributed by atoms with Crippen molar-refractivity contribution in [3.05, 3.63) is 77.9 Å². The first-order valence-corrected chi connectivity index (χ1v) is 15.9. The van der Waals surface area contributed by atoms with Gasteiger partial charge in [-0.25, -0.2) is 10.1 Å². The van der Waals surface area contributed by atoms with Gasteiger partial charge in [0.2, 0.25) is 17.7 Å². The second-order valence-electron chi connectivity index (χ2n) is 9.62. The number of halogens is 1. The average molecular weight is 718 g/mol. The summed E-state index contributed by atoms with van der Waals surface area (Å²) in [5.74, 6) is -2.62. The van der Waals surface area contributed by atoms with Crippen LogP contribution in [-0.2, 0) is 24.2 Å². The Kier molecular flexibility index (Phi) is 11.2. The molecule has 1 aliphatic heterocycles. The number of anilines is 4. The number of amidine groups is 1. The number of carboxylic acids is 1. The quantitative estimate of drug-likeness (QED) is 0.0175. The number of hydrazone groups is 1. The standard InChI is InChI=1S/C27H24FN9O10S2/c28-25-30-26(32-27(31-25)37-8-10-45-11-9-37)29-20-13-17(49(42,43)44)14-21(22(20)38)34-36-23(15-4-2-1-3-5-15)35-33-19-7-6-16(48-47-46-41)12-18(19)24(39)40/h1-7,12-14,33,38,41H,8-11H2,(H,39,40)(H,42,43,44)(H,29,30,31,32). The number of morpholine rings is 1. The lowest BCUT2D eigenvalue weighted by atomic mass is 10.2. The van der Waals surface area contributed by atoms with Gasteiger partial charge >= 0.3 is 12.0 Å². The van der Waals surface area contributed by atoms with Crippen molar-refractivity contribution >= 4 is 62.9 Å². The van der Waals surface area contributed by atoms with Gasteiger partial charge in [0, 0.05) is 23.5 Å². The summed E-state index contributed by atoms with van der Waals surface area (Å²) in [6, 6.07) is 13.8. The number of nitrogens with zero attached hydrogens (tertiary/aromatic N) is 7. The van der Waals surface area contributed by atoms with Gasteiger partial charge in [-0.05, 0) is 30.3 Å². The van der Waals surface area contributed by atoms with Crippen molar-refractivity contribution < 1.29 is 51.7 Å². The number of nitrogens with one attached hydrogen (secondary N) is 2. The van der Waals surface area contributed by atoms with Gasteiger partial charge in [-0.3, -0.25) is 9.98 Å². The normalized spacial score (nSPS) is 13.9. The van der Waals surface area contributed by atoms with Gasteiger partial charge < -0.3 is 25.2 Å². The zero-order valence-electron chi connectivity index (χ0n) is 24.7. The van der Waals surface area contributed by atoms with Gasteiger partial charge in [-0.2, -0.15) is 32.9 Å². The Morgan fingerprint density at radius 2 is 1.80 bits per heavy atom. The molecule has 1 aliphatic rings. The average Bonchev–Trinajstić information content (AvgIpc) is 3.09. The highest BCUT2D eigenvalue weighted by Gasteiger charge is 2.21. The molecule has 0 saturated carbocycles. The number of benzene rings is 3. The molecule has 6 N–H and O–H groups in total. The first kappa shape index (κ1) is 35.0. The molecule has 0 spiro atoms. The lowest BCUT2D eigenvalue weighted by Crippen LogP contribution is -2.37. The molecule has 0 radical (unpaired) electrons. The zero-order chi connectivity index (χ0) is 35.0. The van der Waals surface area contributed by atoms with E-state index in [0.717, 1.165) is 12.1 Å². The van der Waals surface area contributed by atoms with Crippen LogP contribution in [-0.4, -0.2) is 81.5 Å². The largest absolute Gasteiger partial charge is 0.504 e. The lowest BCUT2D eigenvalue weighted by Gasteiger charge is -2.26. The fraction of sp³-hybridized carbons (Fsp3) is 0.148. The number of phenolic OH excluding ortho intramolecular Hbond substituents is 1. The Labute approximate surface area is 279 Å². The van der Waals surface area contributed by atoms with Crippen molar-refractivity contribution in [2.75, 3.05) is 41.9 Å². The van der Waals surface area contributed by atoms with Gasteiger partial charge in [0.15, 0.2) is 5.75 Å². The smallest absolute Gasteiger partial charge is 0.337 e. The van der Waals surface area contributed by atoms with Gasteiger partial charge in [0.1, 0.15) is 5.69 Å². The van der Waals surface area contributed by atoms with E-state index in [1.54, 1.807) is 35.2 Å². The first-order valence-electron chi connectivity index (χ1n) is 13.7. The van der Waals surface area contributed by atoms with Crippen molar-refractivity contribution in [2.24, 2.45) is 15.3 Å². The maximum absolute atomic E-state index is 14.4. The van der Waals surface area contributed by atoms with Gasteiger partial charge in [-0.15, -0.1) is 14.6 Å².